The lowest BCUT2D eigenvalue weighted by Crippen LogP contribution is -2.47. The van der Waals surface area contributed by atoms with Crippen LogP contribution in [0.5, 0.6) is 11.6 Å². The number of nitrogens with one attached hydrogen (secondary N) is 1. The Balaban J connectivity index is 1.48. The zero-order valence-corrected chi connectivity index (χ0v) is 20.7. The smallest absolute Gasteiger partial charge is 0.471 e. The van der Waals surface area contributed by atoms with Crippen molar-refractivity contribution in [1.82, 2.24) is 20.5 Å². The molecule has 2 aromatic heterocycles. The van der Waals surface area contributed by atoms with Crippen LogP contribution < -0.4 is 14.8 Å². The highest BCUT2D eigenvalue weighted by molar-refractivity contribution is 7.18. The van der Waals surface area contributed by atoms with Crippen LogP contribution in [0.3, 0.4) is 0 Å². The van der Waals surface area contributed by atoms with Crippen molar-refractivity contribution in [3.63, 3.8) is 0 Å². The Kier molecular flexibility index (Phi) is 8.33. The molecule has 1 aliphatic heterocycles. The molecule has 0 saturated carbocycles. The molecule has 2 N–H and O–H groups in total. The summed E-state index contributed by atoms with van der Waals surface area (Å²) >= 11 is 13.5. The number of aliphatic hydroxyl groups excluding tert-OH is 1. The number of hydrogen-bond donors (Lipinski definition) is 2. The van der Waals surface area contributed by atoms with Crippen LogP contribution in [0.4, 0.5) is 17.6 Å². The van der Waals surface area contributed by atoms with Crippen molar-refractivity contribution < 1.29 is 41.7 Å². The molecule has 198 valence electrons. The van der Waals surface area contributed by atoms with Crippen LogP contribution >= 0.6 is 34.5 Å². The average molecular weight is 583 g/mol. The van der Waals surface area contributed by atoms with E-state index >= 15 is 0 Å². The Morgan fingerprint density at radius 2 is 1.95 bits per heavy atom. The summed E-state index contributed by atoms with van der Waals surface area (Å²) in [6.45, 7) is -0.630. The van der Waals surface area contributed by atoms with Gasteiger partial charge in [-0.15, -0.1) is 10.2 Å². The highest BCUT2D eigenvalue weighted by Crippen LogP contribution is 2.38. The van der Waals surface area contributed by atoms with E-state index in [0.29, 0.717) is 23.8 Å². The van der Waals surface area contributed by atoms with Gasteiger partial charge in [0.25, 0.3) is 0 Å². The Labute approximate surface area is 220 Å². The Morgan fingerprint density at radius 3 is 2.59 bits per heavy atom. The number of amides is 1. The zero-order chi connectivity index (χ0) is 26.7. The van der Waals surface area contributed by atoms with Gasteiger partial charge < -0.3 is 24.6 Å². The second-order valence-electron chi connectivity index (χ2n) is 7.63. The van der Waals surface area contributed by atoms with Gasteiger partial charge in [-0.05, 0) is 12.1 Å². The van der Waals surface area contributed by atoms with E-state index < -0.39 is 42.9 Å². The molecule has 0 aliphatic carbocycles. The second-order valence-corrected chi connectivity index (χ2v) is 9.40. The molecule has 1 aliphatic rings. The van der Waals surface area contributed by atoms with Crippen LogP contribution in [-0.4, -0.2) is 70.9 Å². The van der Waals surface area contributed by atoms with Crippen molar-refractivity contribution in [3.8, 4) is 32.8 Å². The lowest BCUT2D eigenvalue weighted by molar-refractivity contribution is -0.174. The summed E-state index contributed by atoms with van der Waals surface area (Å²) < 4.78 is 67.8. The maximum Gasteiger partial charge on any atom is 0.471 e. The van der Waals surface area contributed by atoms with Crippen LogP contribution in [0.15, 0.2) is 24.3 Å². The van der Waals surface area contributed by atoms with Crippen LogP contribution in [0, 0.1) is 5.82 Å². The van der Waals surface area contributed by atoms with Crippen molar-refractivity contribution in [2.45, 2.75) is 18.3 Å². The maximum absolute atomic E-state index is 14.7. The third kappa shape index (κ3) is 6.76. The number of carbonyl (C=O) groups is 1. The molecule has 0 unspecified atom stereocenters. The lowest BCUT2D eigenvalue weighted by Gasteiger charge is -2.26. The van der Waals surface area contributed by atoms with E-state index in [1.54, 1.807) is 17.4 Å². The fourth-order valence-electron chi connectivity index (χ4n) is 2.96. The number of aromatic nitrogens is 3. The van der Waals surface area contributed by atoms with Gasteiger partial charge in [0.1, 0.15) is 27.9 Å². The first-order chi connectivity index (χ1) is 17.5. The van der Waals surface area contributed by atoms with Gasteiger partial charge in [0, 0.05) is 23.3 Å². The van der Waals surface area contributed by atoms with Gasteiger partial charge in [0.05, 0.1) is 30.9 Å². The number of hydrogen-bond acceptors (Lipinski definition) is 9. The Morgan fingerprint density at radius 1 is 1.22 bits per heavy atom. The molecule has 4 rings (SSSR count). The van der Waals surface area contributed by atoms with Crippen molar-refractivity contribution >= 4 is 40.4 Å². The number of pyridine rings is 1. The molecule has 16 heteroatoms. The van der Waals surface area contributed by atoms with Gasteiger partial charge >= 0.3 is 12.1 Å². The topological polar surface area (TPSA) is 116 Å². The molecule has 1 saturated heterocycles. The number of halogens is 6. The second kappa shape index (κ2) is 11.3. The molecule has 37 heavy (non-hydrogen) atoms. The predicted octanol–water partition coefficient (Wildman–Crippen LogP) is 3.91. The third-order valence-electron chi connectivity index (χ3n) is 4.84. The van der Waals surface area contributed by atoms with E-state index in [1.807, 2.05) is 0 Å². The molecule has 1 atom stereocenters. The van der Waals surface area contributed by atoms with Crippen LogP contribution in [-0.2, 0) is 9.53 Å². The van der Waals surface area contributed by atoms with Gasteiger partial charge in [-0.2, -0.15) is 13.2 Å². The molecule has 1 fully saturated rings. The van der Waals surface area contributed by atoms with Gasteiger partial charge in [0.2, 0.25) is 5.88 Å². The quantitative estimate of drug-likeness (QED) is 0.288. The normalized spacial score (nSPS) is 14.7. The number of carbonyl (C=O) groups excluding carboxylic acids is 1. The SMILES string of the molecule is O=C(N[C@H](CO)COc1cc(Cl)c(-c2nnc(-c3cc(Cl)nc(OC4COC4)c3)s2)cc1F)C(F)(F)F. The number of benzene rings is 1. The number of alkyl halides is 3. The monoisotopic (exact) mass is 582 g/mol. The molecule has 0 spiro atoms. The molecule has 1 aromatic carbocycles. The number of rotatable bonds is 9. The number of nitrogens with zero attached hydrogens (tertiary/aromatic N) is 3. The number of aliphatic hydroxyl groups is 1. The molecular weight excluding hydrogens is 567 g/mol. The van der Waals surface area contributed by atoms with Gasteiger partial charge in [-0.3, -0.25) is 4.79 Å². The van der Waals surface area contributed by atoms with Crippen LogP contribution in [0.1, 0.15) is 0 Å². The largest absolute Gasteiger partial charge is 0.488 e. The highest BCUT2D eigenvalue weighted by Gasteiger charge is 2.39. The summed E-state index contributed by atoms with van der Waals surface area (Å²) in [6, 6.07) is 3.88. The average Bonchev–Trinajstić information content (AvgIpc) is 3.30. The first-order valence-electron chi connectivity index (χ1n) is 10.4. The van der Waals surface area contributed by atoms with Crippen molar-refractivity contribution in [2.75, 3.05) is 26.4 Å². The Bertz CT molecular complexity index is 1290. The van der Waals surface area contributed by atoms with E-state index in [-0.39, 0.29) is 32.7 Å². The molecule has 0 radical (unpaired) electrons. The van der Waals surface area contributed by atoms with E-state index in [0.717, 1.165) is 23.5 Å². The predicted molar refractivity (Wildman–Crippen MR) is 124 cm³/mol. The Hall–Kier alpha value is -2.78. The number of ether oxygens (including phenoxy) is 3. The van der Waals surface area contributed by atoms with Crippen LogP contribution in [0.25, 0.3) is 21.1 Å². The van der Waals surface area contributed by atoms with Crippen LogP contribution in [0.2, 0.25) is 10.2 Å². The van der Waals surface area contributed by atoms with Gasteiger partial charge in [0.15, 0.2) is 11.6 Å². The van der Waals surface area contributed by atoms with E-state index in [4.69, 9.17) is 37.4 Å². The van der Waals surface area contributed by atoms with Crippen molar-refractivity contribution in [2.24, 2.45) is 0 Å². The summed E-state index contributed by atoms with van der Waals surface area (Å²) in [5.41, 5.74) is 0.745. The summed E-state index contributed by atoms with van der Waals surface area (Å²) in [5, 5.41) is 19.8. The molecular formula is C21H16Cl2F4N4O5S. The highest BCUT2D eigenvalue weighted by atomic mass is 35.5. The lowest BCUT2D eigenvalue weighted by atomic mass is 10.2. The minimum Gasteiger partial charge on any atom is -0.488 e. The maximum atomic E-state index is 14.7. The van der Waals surface area contributed by atoms with Crippen molar-refractivity contribution in [3.05, 3.63) is 40.3 Å². The minimum atomic E-state index is -5.15. The fourth-order valence-corrected chi connectivity index (χ4v) is 4.32. The summed E-state index contributed by atoms with van der Waals surface area (Å²) in [4.78, 5) is 15.2. The standard InChI is InChI=1S/C21H16Cl2F4N4O5S/c22-13-4-15(35-6-10(5-32)28-20(33)21(25,26)27)14(24)3-12(13)19-31-30-18(37-19)9-1-16(23)29-17(2-9)36-11-7-34-8-11/h1-4,10-11,32H,5-8H2,(H,28,33)/t10-/m1/s1. The molecule has 1 amide bonds. The summed E-state index contributed by atoms with van der Waals surface area (Å²) in [7, 11) is 0. The van der Waals surface area contributed by atoms with Gasteiger partial charge in [-0.25, -0.2) is 9.37 Å². The van der Waals surface area contributed by atoms with Crippen molar-refractivity contribution in [1.29, 1.82) is 0 Å². The molecule has 9 nitrogen and oxygen atoms in total. The summed E-state index contributed by atoms with van der Waals surface area (Å²) in [5.74, 6) is -3.28. The van der Waals surface area contributed by atoms with Gasteiger partial charge in [-0.1, -0.05) is 34.5 Å². The zero-order valence-electron chi connectivity index (χ0n) is 18.4. The van der Waals surface area contributed by atoms with E-state index in [1.165, 1.54) is 0 Å². The van der Waals surface area contributed by atoms with E-state index in [2.05, 4.69) is 15.2 Å². The third-order valence-corrected chi connectivity index (χ3v) is 6.35. The van der Waals surface area contributed by atoms with E-state index in [9.17, 15) is 27.5 Å². The molecule has 3 heterocycles. The first-order valence-corrected chi connectivity index (χ1v) is 12.0. The molecule has 0 bridgehead atoms. The summed E-state index contributed by atoms with van der Waals surface area (Å²) in [6.07, 6.45) is -5.27. The minimum absolute atomic E-state index is 0.0146. The molecule has 3 aromatic rings. The fraction of sp³-hybridized carbons (Fsp3) is 0.333. The first kappa shape index (κ1) is 27.3.